The highest BCUT2D eigenvalue weighted by Crippen LogP contribution is 2.28. The average molecular weight is 279 g/mol. The maximum Gasteiger partial charge on any atom is 0.0406 e. The van der Waals surface area contributed by atoms with Crippen molar-refractivity contribution in [2.24, 2.45) is 5.92 Å². The van der Waals surface area contributed by atoms with Crippen molar-refractivity contribution in [2.75, 3.05) is 19.6 Å². The van der Waals surface area contributed by atoms with Crippen LogP contribution in [0.5, 0.6) is 0 Å². The van der Waals surface area contributed by atoms with Crippen LogP contribution in [0.4, 0.5) is 0 Å². The van der Waals surface area contributed by atoms with Crippen LogP contribution in [-0.4, -0.2) is 30.6 Å². The van der Waals surface area contributed by atoms with Gasteiger partial charge < -0.3 is 5.32 Å². The van der Waals surface area contributed by atoms with Crippen LogP contribution in [-0.2, 0) is 6.54 Å². The summed E-state index contributed by atoms with van der Waals surface area (Å²) >= 11 is 5.93. The van der Waals surface area contributed by atoms with E-state index in [0.717, 1.165) is 17.5 Å². The number of likely N-dealkylation sites (tertiary alicyclic amines) is 1. The molecule has 0 radical (unpaired) electrons. The second kappa shape index (κ2) is 6.25. The molecule has 2 fully saturated rings. The number of nitrogens with zero attached hydrogens (tertiary/aromatic N) is 1. The van der Waals surface area contributed by atoms with Gasteiger partial charge in [-0.15, -0.1) is 0 Å². The summed E-state index contributed by atoms with van der Waals surface area (Å²) in [5, 5.41) is 4.57. The fourth-order valence-corrected chi connectivity index (χ4v) is 3.00. The molecule has 3 heteroatoms. The Morgan fingerprint density at radius 3 is 2.68 bits per heavy atom. The van der Waals surface area contributed by atoms with Crippen LogP contribution in [0.2, 0.25) is 5.02 Å². The number of nitrogens with one attached hydrogen (secondary N) is 1. The number of rotatable bonds is 5. The molecule has 1 heterocycles. The van der Waals surface area contributed by atoms with E-state index in [9.17, 15) is 0 Å². The third kappa shape index (κ3) is 4.20. The number of halogens is 1. The molecular formula is C16H23ClN2. The smallest absolute Gasteiger partial charge is 0.0406 e. The summed E-state index contributed by atoms with van der Waals surface area (Å²) in [6.07, 6.45) is 5.53. The van der Waals surface area contributed by atoms with Crippen molar-refractivity contribution in [1.29, 1.82) is 0 Å². The van der Waals surface area contributed by atoms with Crippen molar-refractivity contribution in [1.82, 2.24) is 10.2 Å². The largest absolute Gasteiger partial charge is 0.312 e. The first-order chi connectivity index (χ1) is 9.29. The van der Waals surface area contributed by atoms with Crippen molar-refractivity contribution < 1.29 is 0 Å². The molecule has 1 saturated carbocycles. The predicted molar refractivity (Wildman–Crippen MR) is 80.5 cm³/mol. The SMILES string of the molecule is Clc1ccc(CN2CCCC(NCC3CC3)C2)cc1. The topological polar surface area (TPSA) is 15.3 Å². The van der Waals surface area contributed by atoms with Gasteiger partial charge in [0.05, 0.1) is 0 Å². The first-order valence-electron chi connectivity index (χ1n) is 7.50. The Kier molecular flexibility index (Phi) is 4.42. The summed E-state index contributed by atoms with van der Waals surface area (Å²) in [6.45, 7) is 4.71. The van der Waals surface area contributed by atoms with E-state index in [2.05, 4.69) is 22.3 Å². The Labute approximate surface area is 121 Å². The van der Waals surface area contributed by atoms with Gasteiger partial charge in [-0.2, -0.15) is 0 Å². The van der Waals surface area contributed by atoms with Gasteiger partial charge in [-0.05, 0) is 62.4 Å². The number of hydrogen-bond donors (Lipinski definition) is 1. The van der Waals surface area contributed by atoms with Crippen LogP contribution in [0.15, 0.2) is 24.3 Å². The van der Waals surface area contributed by atoms with Gasteiger partial charge in [0.15, 0.2) is 0 Å². The van der Waals surface area contributed by atoms with E-state index in [0.29, 0.717) is 6.04 Å². The molecule has 1 aliphatic heterocycles. The number of benzene rings is 1. The normalized spacial score (nSPS) is 24.6. The minimum Gasteiger partial charge on any atom is -0.312 e. The zero-order valence-corrected chi connectivity index (χ0v) is 12.2. The van der Waals surface area contributed by atoms with Gasteiger partial charge in [0.25, 0.3) is 0 Å². The van der Waals surface area contributed by atoms with E-state index in [1.807, 2.05) is 12.1 Å². The van der Waals surface area contributed by atoms with Gasteiger partial charge in [0.1, 0.15) is 0 Å². The van der Waals surface area contributed by atoms with Gasteiger partial charge in [-0.1, -0.05) is 23.7 Å². The quantitative estimate of drug-likeness (QED) is 0.889. The summed E-state index contributed by atoms with van der Waals surface area (Å²) < 4.78 is 0. The van der Waals surface area contributed by atoms with E-state index in [1.165, 1.54) is 50.9 Å². The molecule has 1 aliphatic carbocycles. The maximum atomic E-state index is 5.93. The lowest BCUT2D eigenvalue weighted by Gasteiger charge is -2.33. The van der Waals surface area contributed by atoms with E-state index < -0.39 is 0 Å². The van der Waals surface area contributed by atoms with Gasteiger partial charge in [0, 0.05) is 24.2 Å². The highest BCUT2D eigenvalue weighted by atomic mass is 35.5. The molecule has 0 aromatic heterocycles. The van der Waals surface area contributed by atoms with Crippen LogP contribution in [0, 0.1) is 5.92 Å². The molecule has 3 rings (SSSR count). The Balaban J connectivity index is 1.48. The molecule has 1 aromatic rings. The molecule has 1 saturated heterocycles. The van der Waals surface area contributed by atoms with Gasteiger partial charge in [0.2, 0.25) is 0 Å². The lowest BCUT2D eigenvalue weighted by molar-refractivity contribution is 0.183. The molecular weight excluding hydrogens is 256 g/mol. The second-order valence-electron chi connectivity index (χ2n) is 6.05. The van der Waals surface area contributed by atoms with Gasteiger partial charge >= 0.3 is 0 Å². The number of piperidine rings is 1. The molecule has 2 nitrogen and oxygen atoms in total. The van der Waals surface area contributed by atoms with E-state index in [-0.39, 0.29) is 0 Å². The van der Waals surface area contributed by atoms with E-state index in [1.54, 1.807) is 0 Å². The van der Waals surface area contributed by atoms with Gasteiger partial charge in [-0.3, -0.25) is 4.90 Å². The molecule has 2 aliphatic rings. The lowest BCUT2D eigenvalue weighted by atomic mass is 10.0. The fourth-order valence-electron chi connectivity index (χ4n) is 2.87. The zero-order valence-electron chi connectivity index (χ0n) is 11.4. The van der Waals surface area contributed by atoms with Crippen LogP contribution >= 0.6 is 11.6 Å². The minimum absolute atomic E-state index is 0.696. The highest BCUT2D eigenvalue weighted by molar-refractivity contribution is 6.30. The van der Waals surface area contributed by atoms with E-state index >= 15 is 0 Å². The monoisotopic (exact) mass is 278 g/mol. The van der Waals surface area contributed by atoms with Crippen molar-refractivity contribution in [3.05, 3.63) is 34.9 Å². The highest BCUT2D eigenvalue weighted by Gasteiger charge is 2.24. The summed E-state index contributed by atoms with van der Waals surface area (Å²) in [4.78, 5) is 2.57. The second-order valence-corrected chi connectivity index (χ2v) is 6.49. The standard InChI is InChI=1S/C16H23ClN2/c17-15-7-5-14(6-8-15)11-19-9-1-2-16(12-19)18-10-13-3-4-13/h5-8,13,16,18H,1-4,9-12H2. The lowest BCUT2D eigenvalue weighted by Crippen LogP contribution is -2.45. The Morgan fingerprint density at radius 1 is 1.16 bits per heavy atom. The van der Waals surface area contributed by atoms with Crippen LogP contribution in [0.3, 0.4) is 0 Å². The maximum absolute atomic E-state index is 5.93. The zero-order chi connectivity index (χ0) is 13.1. The molecule has 19 heavy (non-hydrogen) atoms. The molecule has 1 unspecified atom stereocenters. The third-order valence-corrected chi connectivity index (χ3v) is 4.47. The Bertz CT molecular complexity index is 400. The van der Waals surface area contributed by atoms with Crippen LogP contribution in [0.25, 0.3) is 0 Å². The molecule has 0 bridgehead atoms. The molecule has 0 amide bonds. The average Bonchev–Trinajstić information content (AvgIpc) is 3.24. The Morgan fingerprint density at radius 2 is 1.95 bits per heavy atom. The Hall–Kier alpha value is -0.570. The first kappa shape index (κ1) is 13.4. The third-order valence-electron chi connectivity index (χ3n) is 4.22. The first-order valence-corrected chi connectivity index (χ1v) is 7.87. The van der Waals surface area contributed by atoms with Crippen LogP contribution in [0.1, 0.15) is 31.2 Å². The van der Waals surface area contributed by atoms with Crippen LogP contribution < -0.4 is 5.32 Å². The van der Waals surface area contributed by atoms with Crippen molar-refractivity contribution in [3.8, 4) is 0 Å². The molecule has 1 N–H and O–H groups in total. The summed E-state index contributed by atoms with van der Waals surface area (Å²) in [6, 6.07) is 8.96. The molecule has 0 spiro atoms. The number of hydrogen-bond acceptors (Lipinski definition) is 2. The van der Waals surface area contributed by atoms with Gasteiger partial charge in [-0.25, -0.2) is 0 Å². The molecule has 1 atom stereocenters. The summed E-state index contributed by atoms with van der Waals surface area (Å²) in [5.41, 5.74) is 1.37. The van der Waals surface area contributed by atoms with E-state index in [4.69, 9.17) is 11.6 Å². The fraction of sp³-hybridized carbons (Fsp3) is 0.625. The minimum atomic E-state index is 0.696. The van der Waals surface area contributed by atoms with Crippen molar-refractivity contribution in [2.45, 2.75) is 38.3 Å². The molecule has 104 valence electrons. The predicted octanol–water partition coefficient (Wildman–Crippen LogP) is 3.30. The summed E-state index contributed by atoms with van der Waals surface area (Å²) in [5.74, 6) is 0.978. The summed E-state index contributed by atoms with van der Waals surface area (Å²) in [7, 11) is 0. The van der Waals surface area contributed by atoms with Crippen molar-refractivity contribution in [3.63, 3.8) is 0 Å². The van der Waals surface area contributed by atoms with Crippen molar-refractivity contribution >= 4 is 11.6 Å². The molecule has 1 aromatic carbocycles.